The smallest absolute Gasteiger partial charge is 0.341 e. The largest absolute Gasteiger partial charge is 1.00 e. The fourth-order valence-electron chi connectivity index (χ4n) is 1.61. The van der Waals surface area contributed by atoms with E-state index < -0.39 is 5.97 Å². The van der Waals surface area contributed by atoms with Crippen LogP contribution < -0.4 is 29.7 Å². The van der Waals surface area contributed by atoms with Gasteiger partial charge in [-0.2, -0.15) is 0 Å². The quantitative estimate of drug-likeness (QED) is 0.205. The van der Waals surface area contributed by atoms with E-state index in [2.05, 4.69) is 21.0 Å². The number of ether oxygens (including phenoxy) is 1. The number of benzene rings is 1. The Morgan fingerprint density at radius 3 is 2.60 bits per heavy atom. The van der Waals surface area contributed by atoms with Gasteiger partial charge in [0.15, 0.2) is 0 Å². The van der Waals surface area contributed by atoms with Crippen molar-refractivity contribution in [1.29, 1.82) is 0 Å². The van der Waals surface area contributed by atoms with Crippen molar-refractivity contribution in [1.82, 2.24) is 0 Å². The van der Waals surface area contributed by atoms with Gasteiger partial charge in [-0.1, -0.05) is 0 Å². The zero-order valence-corrected chi connectivity index (χ0v) is 14.4. The van der Waals surface area contributed by atoms with Crippen LogP contribution >= 0.6 is 0 Å². The van der Waals surface area contributed by atoms with Gasteiger partial charge in [0.05, 0.1) is 33.8 Å². The molecule has 0 aliphatic rings. The van der Waals surface area contributed by atoms with Gasteiger partial charge in [-0.3, -0.25) is 0 Å². The fourth-order valence-corrected chi connectivity index (χ4v) is 1.61. The highest BCUT2D eigenvalue weighted by molar-refractivity contribution is 5.92. The summed E-state index contributed by atoms with van der Waals surface area (Å²) in [4.78, 5) is 11.7. The molecule has 0 aliphatic carbocycles. The molecule has 0 aromatic heterocycles. The third-order valence-electron chi connectivity index (χ3n) is 3.24. The molecule has 0 atom stereocenters. The van der Waals surface area contributed by atoms with Gasteiger partial charge in [0, 0.05) is 18.2 Å². The summed E-state index contributed by atoms with van der Waals surface area (Å²) in [5, 5.41) is 9.60. The summed E-state index contributed by atoms with van der Waals surface area (Å²) in [7, 11) is 4.27. The average molecular weight is 394 g/mol. The maximum Gasteiger partial charge on any atom is 0.341 e. The minimum atomic E-state index is -0.515. The molecule has 1 aromatic rings. The molecule has 3 N–H and O–H groups in total. The first kappa shape index (κ1) is 19.0. The van der Waals surface area contributed by atoms with Crippen LogP contribution in [0.15, 0.2) is 18.2 Å². The SMILES string of the molecule is CC[N+](C)(C)CCCOC(=O)c1ccc(N)cc1O.[I-]. The highest BCUT2D eigenvalue weighted by Gasteiger charge is 2.14. The number of halogens is 1. The summed E-state index contributed by atoms with van der Waals surface area (Å²) in [6.45, 7) is 4.45. The predicted molar refractivity (Wildman–Crippen MR) is 74.9 cm³/mol. The summed E-state index contributed by atoms with van der Waals surface area (Å²) in [5.74, 6) is -0.658. The molecule has 0 amide bonds. The number of phenols is 1. The number of nitrogens with two attached hydrogens (primary N) is 1. The number of anilines is 1. The molecule has 1 rings (SSSR count). The van der Waals surface area contributed by atoms with Crippen LogP contribution in [0, 0.1) is 0 Å². The van der Waals surface area contributed by atoms with Crippen LogP contribution in [-0.4, -0.2) is 49.4 Å². The van der Waals surface area contributed by atoms with Crippen molar-refractivity contribution in [2.24, 2.45) is 0 Å². The summed E-state index contributed by atoms with van der Waals surface area (Å²) in [5.41, 5.74) is 6.06. The molecule has 0 bridgehead atoms. The van der Waals surface area contributed by atoms with Gasteiger partial charge in [0.25, 0.3) is 0 Å². The molecule has 0 heterocycles. The lowest BCUT2D eigenvalue weighted by molar-refractivity contribution is -0.888. The van der Waals surface area contributed by atoms with Gasteiger partial charge in [0.1, 0.15) is 11.3 Å². The lowest BCUT2D eigenvalue weighted by atomic mass is 10.2. The molecule has 0 unspecified atom stereocenters. The summed E-state index contributed by atoms with van der Waals surface area (Å²) in [6.07, 6.45) is 0.794. The van der Waals surface area contributed by atoms with E-state index in [4.69, 9.17) is 10.5 Å². The van der Waals surface area contributed by atoms with Gasteiger partial charge in [0.2, 0.25) is 0 Å². The van der Waals surface area contributed by atoms with Crippen molar-refractivity contribution in [2.45, 2.75) is 13.3 Å². The van der Waals surface area contributed by atoms with Gasteiger partial charge in [-0.25, -0.2) is 4.79 Å². The Kier molecular flexibility index (Phi) is 7.88. The fraction of sp³-hybridized carbons (Fsp3) is 0.500. The Morgan fingerprint density at radius 1 is 1.40 bits per heavy atom. The number of phenolic OH excluding ortho intramolecular Hbond substituents is 1. The van der Waals surface area contributed by atoms with E-state index in [1.165, 1.54) is 12.1 Å². The van der Waals surface area contributed by atoms with E-state index in [1.807, 2.05) is 0 Å². The number of carbonyl (C=O) groups is 1. The Hall–Kier alpha value is -1.02. The lowest BCUT2D eigenvalue weighted by Crippen LogP contribution is -3.00. The van der Waals surface area contributed by atoms with E-state index in [-0.39, 0.29) is 35.3 Å². The van der Waals surface area contributed by atoms with Crippen LogP contribution in [0.1, 0.15) is 23.7 Å². The van der Waals surface area contributed by atoms with E-state index in [1.54, 1.807) is 6.07 Å². The number of nitrogen functional groups attached to an aromatic ring is 1. The molecule has 6 heteroatoms. The molecule has 0 spiro atoms. The van der Waals surface area contributed by atoms with Crippen molar-refractivity contribution in [3.8, 4) is 5.75 Å². The first-order valence-corrected chi connectivity index (χ1v) is 6.43. The summed E-state index contributed by atoms with van der Waals surface area (Å²) < 4.78 is 6.03. The highest BCUT2D eigenvalue weighted by atomic mass is 127. The molecule has 0 radical (unpaired) electrons. The van der Waals surface area contributed by atoms with Crippen molar-refractivity contribution >= 4 is 11.7 Å². The van der Waals surface area contributed by atoms with Crippen LogP contribution in [0.4, 0.5) is 5.69 Å². The first-order valence-electron chi connectivity index (χ1n) is 6.43. The molecule has 0 saturated carbocycles. The predicted octanol–water partition coefficient (Wildman–Crippen LogP) is -1.38. The van der Waals surface area contributed by atoms with Crippen molar-refractivity contribution in [2.75, 3.05) is 39.5 Å². The molecule has 20 heavy (non-hydrogen) atoms. The van der Waals surface area contributed by atoms with Gasteiger partial charge >= 0.3 is 5.97 Å². The molecule has 1 aromatic carbocycles. The number of hydrogen-bond acceptors (Lipinski definition) is 4. The average Bonchev–Trinajstić information content (AvgIpc) is 2.34. The number of hydrogen-bond donors (Lipinski definition) is 2. The Balaban J connectivity index is 0.00000361. The normalized spacial score (nSPS) is 10.8. The standard InChI is InChI=1S/C14H22N2O3.HI/c1-4-16(2,3)8-5-9-19-14(18)12-7-6-11(15)10-13(12)17;/h6-7,10H,4-5,8-9H2,1-3H3,(H2-,15,17,18);1H. The highest BCUT2D eigenvalue weighted by Crippen LogP contribution is 2.20. The second-order valence-corrected chi connectivity index (χ2v) is 5.24. The maximum atomic E-state index is 11.7. The second-order valence-electron chi connectivity index (χ2n) is 5.24. The third-order valence-corrected chi connectivity index (χ3v) is 3.24. The number of esters is 1. The van der Waals surface area contributed by atoms with Crippen LogP contribution in [0.2, 0.25) is 0 Å². The van der Waals surface area contributed by atoms with Gasteiger partial charge < -0.3 is 44.0 Å². The van der Waals surface area contributed by atoms with E-state index in [0.29, 0.717) is 12.3 Å². The van der Waals surface area contributed by atoms with Crippen LogP contribution in [0.3, 0.4) is 0 Å². The Labute approximate surface area is 137 Å². The van der Waals surface area contributed by atoms with Crippen molar-refractivity contribution in [3.63, 3.8) is 0 Å². The molecular formula is C14H23IN2O3. The number of quaternary nitrogens is 1. The molecule has 114 valence electrons. The van der Waals surface area contributed by atoms with E-state index in [9.17, 15) is 9.90 Å². The second kappa shape index (κ2) is 8.31. The zero-order chi connectivity index (χ0) is 14.5. The van der Waals surface area contributed by atoms with Gasteiger partial charge in [-0.15, -0.1) is 0 Å². The van der Waals surface area contributed by atoms with E-state index in [0.717, 1.165) is 24.0 Å². The van der Waals surface area contributed by atoms with E-state index >= 15 is 0 Å². The van der Waals surface area contributed by atoms with Crippen LogP contribution in [0.25, 0.3) is 0 Å². The molecular weight excluding hydrogens is 371 g/mol. The molecule has 0 fully saturated rings. The van der Waals surface area contributed by atoms with Crippen LogP contribution in [0.5, 0.6) is 5.75 Å². The first-order chi connectivity index (χ1) is 8.85. The number of rotatable bonds is 6. The molecule has 0 aliphatic heterocycles. The third kappa shape index (κ3) is 5.96. The minimum Gasteiger partial charge on any atom is -1.00 e. The van der Waals surface area contributed by atoms with Gasteiger partial charge in [-0.05, 0) is 19.1 Å². The minimum absolute atomic E-state index is 0. The molecule has 0 saturated heterocycles. The van der Waals surface area contributed by atoms with Crippen LogP contribution in [-0.2, 0) is 4.74 Å². The summed E-state index contributed by atoms with van der Waals surface area (Å²) >= 11 is 0. The van der Waals surface area contributed by atoms with Crippen molar-refractivity contribution in [3.05, 3.63) is 23.8 Å². The number of carbonyl (C=O) groups excluding carboxylic acids is 1. The lowest BCUT2D eigenvalue weighted by Gasteiger charge is -2.27. The van der Waals surface area contributed by atoms with Crippen molar-refractivity contribution < 1.29 is 43.1 Å². The molecule has 5 nitrogen and oxygen atoms in total. The Bertz CT molecular complexity index is 450. The number of nitrogens with zero attached hydrogens (tertiary/aromatic N) is 1. The monoisotopic (exact) mass is 394 g/mol. The maximum absolute atomic E-state index is 11.7. The Morgan fingerprint density at radius 2 is 2.05 bits per heavy atom. The summed E-state index contributed by atoms with van der Waals surface area (Å²) in [6, 6.07) is 4.38. The number of aromatic hydroxyl groups is 1. The zero-order valence-electron chi connectivity index (χ0n) is 12.2. The topological polar surface area (TPSA) is 72.5 Å².